The summed E-state index contributed by atoms with van der Waals surface area (Å²) in [6.07, 6.45) is 1.65. The van der Waals surface area contributed by atoms with Crippen LogP contribution in [0.5, 0.6) is 0 Å². The third kappa shape index (κ3) is 3.51. The van der Waals surface area contributed by atoms with E-state index >= 15 is 0 Å². The summed E-state index contributed by atoms with van der Waals surface area (Å²) < 4.78 is 0. The molecule has 0 amide bonds. The van der Waals surface area contributed by atoms with Crippen molar-refractivity contribution in [2.24, 2.45) is 10.9 Å². The first-order valence-corrected chi connectivity index (χ1v) is 3.49. The lowest BCUT2D eigenvalue weighted by atomic mass is 10.2. The number of aliphatic imine (C=N–C) groups is 1. The molecular weight excluding hydrogens is 150 g/mol. The van der Waals surface area contributed by atoms with E-state index in [1.807, 2.05) is 13.8 Å². The number of nitrogens with zero attached hydrogens (tertiary/aromatic N) is 1. The smallest absolute Gasteiger partial charge is 0.165 e. The van der Waals surface area contributed by atoms with Gasteiger partial charge in [-0.05, 0) is 12.0 Å². The Balaban J connectivity index is 4.20. The van der Waals surface area contributed by atoms with E-state index in [1.165, 1.54) is 7.05 Å². The van der Waals surface area contributed by atoms with Crippen molar-refractivity contribution >= 4 is 16.8 Å². The maximum Gasteiger partial charge on any atom is 0.165 e. The van der Waals surface area contributed by atoms with Gasteiger partial charge in [-0.3, -0.25) is 4.99 Å². The first kappa shape index (κ1) is 9.50. The van der Waals surface area contributed by atoms with Crippen LogP contribution in [0.2, 0.25) is 0 Å². The Hall–Kier alpha value is -0.500. The molecule has 0 heterocycles. The summed E-state index contributed by atoms with van der Waals surface area (Å²) in [5.74, 6) is 0.342. The molecule has 0 aliphatic heterocycles. The van der Waals surface area contributed by atoms with Crippen LogP contribution in [-0.2, 0) is 0 Å². The molecule has 0 unspecified atom stereocenters. The van der Waals surface area contributed by atoms with Crippen molar-refractivity contribution in [1.29, 1.82) is 0 Å². The Labute approximate surface area is 66.2 Å². The van der Waals surface area contributed by atoms with Gasteiger partial charge in [-0.2, -0.15) is 0 Å². The second-order valence-corrected chi connectivity index (χ2v) is 2.67. The van der Waals surface area contributed by atoms with Crippen molar-refractivity contribution in [1.82, 2.24) is 0 Å². The maximum absolute atomic E-state index is 9.09. The zero-order valence-corrected chi connectivity index (χ0v) is 7.18. The predicted octanol–water partition coefficient (Wildman–Crippen LogP) is 2.35. The summed E-state index contributed by atoms with van der Waals surface area (Å²) in [7, 11) is 1.53. The molecule has 0 saturated carbocycles. The summed E-state index contributed by atoms with van der Waals surface area (Å²) in [4.78, 5) is 3.61. The van der Waals surface area contributed by atoms with Gasteiger partial charge < -0.3 is 5.11 Å². The van der Waals surface area contributed by atoms with E-state index < -0.39 is 0 Å². The van der Waals surface area contributed by atoms with Gasteiger partial charge in [0.05, 0.1) is 0 Å². The first-order chi connectivity index (χ1) is 4.57. The summed E-state index contributed by atoms with van der Waals surface area (Å²) in [5, 5.41) is 9.25. The number of allylic oxidation sites excluding steroid dienone is 2. The second-order valence-electron chi connectivity index (χ2n) is 2.31. The first-order valence-electron chi connectivity index (χ1n) is 3.11. The fourth-order valence-electron chi connectivity index (χ4n) is 0.499. The van der Waals surface area contributed by atoms with Gasteiger partial charge in [0.15, 0.2) is 5.17 Å². The molecule has 0 fully saturated rings. The Morgan fingerprint density at radius 1 is 1.60 bits per heavy atom. The van der Waals surface area contributed by atoms with Crippen molar-refractivity contribution in [3.8, 4) is 0 Å². The zero-order valence-electron chi connectivity index (χ0n) is 6.43. The van der Waals surface area contributed by atoms with E-state index in [0.717, 1.165) is 0 Å². The molecule has 0 saturated heterocycles. The van der Waals surface area contributed by atoms with Crippen LogP contribution in [0.25, 0.3) is 0 Å². The van der Waals surface area contributed by atoms with Crippen LogP contribution in [0.1, 0.15) is 13.8 Å². The summed E-state index contributed by atoms with van der Waals surface area (Å²) in [6, 6.07) is 0. The number of rotatable bonds is 2. The molecule has 0 radical (unpaired) electrons. The maximum atomic E-state index is 9.09. The lowest BCUT2D eigenvalue weighted by molar-refractivity contribution is 0.438. The quantitative estimate of drug-likeness (QED) is 0.490. The Morgan fingerprint density at radius 3 is 2.40 bits per heavy atom. The average Bonchev–Trinajstić information content (AvgIpc) is 1.85. The molecule has 0 aromatic heterocycles. The monoisotopic (exact) mass is 161 g/mol. The molecule has 0 aliphatic rings. The van der Waals surface area contributed by atoms with E-state index in [9.17, 15) is 0 Å². The van der Waals surface area contributed by atoms with Crippen LogP contribution >= 0.6 is 11.6 Å². The number of aliphatic hydroxyl groups is 1. The highest BCUT2D eigenvalue weighted by atomic mass is 35.5. The molecule has 0 aliphatic carbocycles. The summed E-state index contributed by atoms with van der Waals surface area (Å²) in [6.45, 7) is 3.91. The molecule has 0 atom stereocenters. The fourth-order valence-corrected chi connectivity index (χ4v) is 0.562. The summed E-state index contributed by atoms with van der Waals surface area (Å²) >= 11 is 5.49. The third-order valence-electron chi connectivity index (χ3n) is 0.899. The topological polar surface area (TPSA) is 32.6 Å². The van der Waals surface area contributed by atoms with Gasteiger partial charge in [0.1, 0.15) is 5.76 Å². The third-order valence-corrected chi connectivity index (χ3v) is 1.26. The average molecular weight is 162 g/mol. The van der Waals surface area contributed by atoms with Crippen molar-refractivity contribution in [3.05, 3.63) is 11.8 Å². The van der Waals surface area contributed by atoms with Crippen LogP contribution in [0.3, 0.4) is 0 Å². The Bertz CT molecular complexity index is 161. The number of hydrogen-bond donors (Lipinski definition) is 1. The predicted molar refractivity (Wildman–Crippen MR) is 44.8 cm³/mol. The molecule has 0 aromatic carbocycles. The van der Waals surface area contributed by atoms with Gasteiger partial charge in [0, 0.05) is 7.05 Å². The number of hydrogen-bond acceptors (Lipinski definition) is 2. The Kier molecular flexibility index (Phi) is 4.12. The minimum absolute atomic E-state index is 0.0548. The summed E-state index contributed by atoms with van der Waals surface area (Å²) in [5.41, 5.74) is 0. The lowest BCUT2D eigenvalue weighted by Gasteiger charge is -1.97. The van der Waals surface area contributed by atoms with Crippen LogP contribution in [0, 0.1) is 5.92 Å². The molecule has 0 spiro atoms. The normalized spacial score (nSPS) is 14.5. The van der Waals surface area contributed by atoms with E-state index in [1.54, 1.807) is 6.08 Å². The van der Waals surface area contributed by atoms with Gasteiger partial charge in [-0.1, -0.05) is 25.4 Å². The molecule has 0 rings (SSSR count). The van der Waals surface area contributed by atoms with Gasteiger partial charge in [0.2, 0.25) is 0 Å². The van der Waals surface area contributed by atoms with E-state index in [4.69, 9.17) is 16.7 Å². The number of aliphatic hydroxyl groups excluding tert-OH is 1. The lowest BCUT2D eigenvalue weighted by Crippen LogP contribution is -1.94. The molecule has 0 bridgehead atoms. The highest BCUT2D eigenvalue weighted by molar-refractivity contribution is 6.69. The highest BCUT2D eigenvalue weighted by Gasteiger charge is 1.99. The molecule has 3 heteroatoms. The highest BCUT2D eigenvalue weighted by Crippen LogP contribution is 2.03. The van der Waals surface area contributed by atoms with Gasteiger partial charge in [0.25, 0.3) is 0 Å². The molecule has 10 heavy (non-hydrogen) atoms. The van der Waals surface area contributed by atoms with Crippen molar-refractivity contribution < 1.29 is 5.11 Å². The molecular formula is C7H12ClNO. The van der Waals surface area contributed by atoms with Crippen molar-refractivity contribution in [2.45, 2.75) is 13.8 Å². The van der Waals surface area contributed by atoms with Crippen molar-refractivity contribution in [3.63, 3.8) is 0 Å². The molecule has 1 N–H and O–H groups in total. The van der Waals surface area contributed by atoms with E-state index in [-0.39, 0.29) is 16.8 Å². The van der Waals surface area contributed by atoms with Crippen LogP contribution in [0.15, 0.2) is 16.8 Å². The van der Waals surface area contributed by atoms with E-state index in [0.29, 0.717) is 0 Å². The van der Waals surface area contributed by atoms with Crippen LogP contribution in [0.4, 0.5) is 0 Å². The molecule has 58 valence electrons. The minimum Gasteiger partial charge on any atom is -0.505 e. The minimum atomic E-state index is 0.0548. The van der Waals surface area contributed by atoms with Crippen molar-refractivity contribution in [2.75, 3.05) is 7.05 Å². The fraction of sp³-hybridized carbons (Fsp3) is 0.571. The second kappa shape index (κ2) is 4.34. The van der Waals surface area contributed by atoms with E-state index in [2.05, 4.69) is 4.99 Å². The molecule has 0 aromatic rings. The largest absolute Gasteiger partial charge is 0.505 e. The number of halogens is 1. The standard InChI is InChI=1S/C7H12ClNO/c1-5(2)4-6(10)7(8)9-3/h4-5,10H,1-3H3/b6-4-,9-7?. The molecule has 2 nitrogen and oxygen atoms in total. The van der Waals surface area contributed by atoms with Gasteiger partial charge in [-0.25, -0.2) is 0 Å². The van der Waals surface area contributed by atoms with Gasteiger partial charge in [-0.15, -0.1) is 0 Å². The zero-order chi connectivity index (χ0) is 8.15. The van der Waals surface area contributed by atoms with Gasteiger partial charge >= 0.3 is 0 Å². The van der Waals surface area contributed by atoms with Crippen LogP contribution in [-0.4, -0.2) is 17.3 Å². The van der Waals surface area contributed by atoms with Crippen LogP contribution < -0.4 is 0 Å². The Morgan fingerprint density at radius 2 is 2.10 bits per heavy atom. The SMILES string of the molecule is CN=C(Cl)/C(O)=C/C(C)C.